The van der Waals surface area contributed by atoms with Gasteiger partial charge in [-0.3, -0.25) is 9.59 Å². The summed E-state index contributed by atoms with van der Waals surface area (Å²) in [6, 6.07) is 5.81. The third kappa shape index (κ3) is 7.71. The molecule has 39 heavy (non-hydrogen) atoms. The average molecular weight is 601 g/mol. The van der Waals surface area contributed by atoms with Gasteiger partial charge in [-0.1, -0.05) is 46.2 Å². The molecule has 0 aliphatic carbocycles. The molecule has 2 aliphatic rings. The maximum absolute atomic E-state index is 12.4. The van der Waals surface area contributed by atoms with Crippen LogP contribution >= 0.6 is 23.4 Å². The highest BCUT2D eigenvalue weighted by Crippen LogP contribution is 2.48. The van der Waals surface area contributed by atoms with Crippen LogP contribution in [-0.2, 0) is 28.2 Å². The summed E-state index contributed by atoms with van der Waals surface area (Å²) in [5.41, 5.74) is 0.984. The van der Waals surface area contributed by atoms with Gasteiger partial charge in [0.05, 0.1) is 17.5 Å². The van der Waals surface area contributed by atoms with Gasteiger partial charge in [-0.15, -0.1) is 11.8 Å². The lowest BCUT2D eigenvalue weighted by Crippen LogP contribution is -2.66. The van der Waals surface area contributed by atoms with Crippen molar-refractivity contribution < 1.29 is 28.2 Å². The van der Waals surface area contributed by atoms with E-state index in [0.29, 0.717) is 11.6 Å². The van der Waals surface area contributed by atoms with Gasteiger partial charge in [-0.05, 0) is 49.4 Å². The standard InChI is InChI=1S/C28H45ClN2O6SSi/c1-10-30(11-2)14-15-31-21-16-20(29)12-13-23(21)38-26-25(36-19(4)33)24(35-18(3)32)22(37-27(26)31)17-34-39(8,9)28(5,6)7/h12-13,16,22,24-27H,10-11,14-15,17H2,1-9H3/t22-,24-,25+,26+,27-/m1/s1. The molecular weight excluding hydrogens is 556 g/mol. The lowest BCUT2D eigenvalue weighted by atomic mass is 9.98. The number of fused-ring (bicyclic) bond motifs is 2. The lowest BCUT2D eigenvalue weighted by molar-refractivity contribution is -0.209. The Morgan fingerprint density at radius 2 is 1.72 bits per heavy atom. The van der Waals surface area contributed by atoms with Gasteiger partial charge >= 0.3 is 11.9 Å². The number of likely N-dealkylation sites (N-methyl/N-ethyl adjacent to an activating group) is 1. The summed E-state index contributed by atoms with van der Waals surface area (Å²) in [4.78, 5) is 30.2. The number of rotatable bonds is 10. The van der Waals surface area contributed by atoms with E-state index >= 15 is 0 Å². The van der Waals surface area contributed by atoms with Gasteiger partial charge in [-0.2, -0.15) is 0 Å². The van der Waals surface area contributed by atoms with Crippen molar-refractivity contribution in [2.24, 2.45) is 0 Å². The number of carbonyl (C=O) groups excluding carboxylic acids is 2. The number of hydrogen-bond acceptors (Lipinski definition) is 9. The Kier molecular flexibility index (Phi) is 10.8. The number of nitrogens with zero attached hydrogens (tertiary/aromatic N) is 2. The van der Waals surface area contributed by atoms with Crippen molar-refractivity contribution in [1.82, 2.24) is 4.90 Å². The molecule has 1 aromatic rings. The summed E-state index contributed by atoms with van der Waals surface area (Å²) in [5, 5.41) is 0.305. The maximum Gasteiger partial charge on any atom is 0.303 e. The third-order valence-electron chi connectivity index (χ3n) is 7.98. The summed E-state index contributed by atoms with van der Waals surface area (Å²) in [5.74, 6) is -0.887. The molecule has 0 bridgehead atoms. The second kappa shape index (κ2) is 13.1. The van der Waals surface area contributed by atoms with Gasteiger partial charge < -0.3 is 28.4 Å². The van der Waals surface area contributed by atoms with Crippen molar-refractivity contribution >= 4 is 49.3 Å². The molecule has 0 spiro atoms. The molecule has 0 saturated carbocycles. The molecule has 8 nitrogen and oxygen atoms in total. The van der Waals surface area contributed by atoms with Gasteiger partial charge in [0.2, 0.25) is 0 Å². The highest BCUT2D eigenvalue weighted by Gasteiger charge is 2.54. The number of hydrogen-bond donors (Lipinski definition) is 0. The van der Waals surface area contributed by atoms with Crippen LogP contribution in [0.2, 0.25) is 23.2 Å². The van der Waals surface area contributed by atoms with E-state index in [1.165, 1.54) is 13.8 Å². The summed E-state index contributed by atoms with van der Waals surface area (Å²) >= 11 is 8.02. The summed E-state index contributed by atoms with van der Waals surface area (Å²) in [6.07, 6.45) is -2.59. The zero-order valence-corrected chi connectivity index (χ0v) is 27.4. The minimum Gasteiger partial charge on any atom is -0.457 e. The summed E-state index contributed by atoms with van der Waals surface area (Å²) in [6.45, 7) is 21.5. The lowest BCUT2D eigenvalue weighted by Gasteiger charge is -2.52. The fraction of sp³-hybridized carbons (Fsp3) is 0.714. The van der Waals surface area contributed by atoms with Crippen molar-refractivity contribution in [1.29, 1.82) is 0 Å². The van der Waals surface area contributed by atoms with E-state index in [0.717, 1.165) is 30.2 Å². The van der Waals surface area contributed by atoms with Crippen molar-refractivity contribution in [2.45, 2.75) is 101 Å². The van der Waals surface area contributed by atoms with Crippen LogP contribution in [0, 0.1) is 0 Å². The Bertz CT molecular complexity index is 1020. The fourth-order valence-corrected chi connectivity index (χ4v) is 7.30. The molecule has 0 N–H and O–H groups in total. The number of ether oxygens (including phenoxy) is 3. The molecule has 220 valence electrons. The molecule has 0 amide bonds. The van der Waals surface area contributed by atoms with Gasteiger partial charge in [0, 0.05) is 36.9 Å². The van der Waals surface area contributed by atoms with Crippen LogP contribution in [-0.4, -0.2) is 87.7 Å². The van der Waals surface area contributed by atoms with E-state index < -0.39 is 44.8 Å². The number of benzene rings is 1. The number of carbonyl (C=O) groups is 2. The number of anilines is 1. The Labute approximate surface area is 244 Å². The second-order valence-corrected chi connectivity index (χ2v) is 18.2. The molecule has 0 unspecified atom stereocenters. The number of thioether (sulfide) groups is 1. The van der Waals surface area contributed by atoms with Crippen molar-refractivity contribution in [3.63, 3.8) is 0 Å². The monoisotopic (exact) mass is 600 g/mol. The highest BCUT2D eigenvalue weighted by atomic mass is 35.5. The number of esters is 2. The van der Waals surface area contributed by atoms with Crippen LogP contribution in [0.5, 0.6) is 0 Å². The molecule has 3 rings (SSSR count). The van der Waals surface area contributed by atoms with Gasteiger partial charge in [-0.25, -0.2) is 0 Å². The minimum absolute atomic E-state index is 0.0113. The van der Waals surface area contributed by atoms with Gasteiger partial charge in [0.1, 0.15) is 12.3 Å². The molecular formula is C28H45ClN2O6SSi. The Morgan fingerprint density at radius 3 is 2.28 bits per heavy atom. The normalized spacial score (nSPS) is 25.2. The Balaban J connectivity index is 2.05. The first kappa shape index (κ1) is 32.2. The zero-order valence-electron chi connectivity index (χ0n) is 24.8. The van der Waals surface area contributed by atoms with E-state index in [1.54, 1.807) is 11.8 Å². The van der Waals surface area contributed by atoms with Crippen LogP contribution in [0.15, 0.2) is 23.1 Å². The van der Waals surface area contributed by atoms with Crippen LogP contribution < -0.4 is 4.90 Å². The molecule has 0 radical (unpaired) electrons. The predicted octanol–water partition coefficient (Wildman–Crippen LogP) is 5.57. The van der Waals surface area contributed by atoms with Gasteiger partial charge in [0.15, 0.2) is 20.5 Å². The van der Waals surface area contributed by atoms with E-state index in [9.17, 15) is 9.59 Å². The first-order valence-corrected chi connectivity index (χ1v) is 17.9. The second-order valence-electron chi connectivity index (χ2n) is 11.7. The van der Waals surface area contributed by atoms with Crippen LogP contribution in [0.4, 0.5) is 5.69 Å². The molecule has 1 aromatic carbocycles. The third-order valence-corrected chi connectivity index (χ3v) is 14.1. The van der Waals surface area contributed by atoms with Gasteiger partial charge in [0.25, 0.3) is 0 Å². The SMILES string of the molecule is CCN(CC)CCN1c2cc(Cl)ccc2S[C@H]2[C@@H](OC(C)=O)[C@H](OC(C)=O)[C@@H](CO[Si](C)(C)C(C)(C)C)O[C@H]21. The molecule has 0 aromatic heterocycles. The van der Waals surface area contributed by atoms with Crippen molar-refractivity contribution in [3.8, 4) is 0 Å². The van der Waals surface area contributed by atoms with Crippen LogP contribution in [0.25, 0.3) is 0 Å². The molecule has 11 heteroatoms. The van der Waals surface area contributed by atoms with Crippen LogP contribution in [0.1, 0.15) is 48.5 Å². The Hall–Kier alpha value is -1.30. The predicted molar refractivity (Wildman–Crippen MR) is 159 cm³/mol. The largest absolute Gasteiger partial charge is 0.457 e. The first-order valence-electron chi connectivity index (χ1n) is 13.8. The average Bonchev–Trinajstić information content (AvgIpc) is 2.83. The molecule has 2 heterocycles. The zero-order chi connectivity index (χ0) is 29.1. The maximum atomic E-state index is 12.4. The van der Waals surface area contributed by atoms with Crippen molar-refractivity contribution in [3.05, 3.63) is 23.2 Å². The van der Waals surface area contributed by atoms with E-state index in [2.05, 4.69) is 57.5 Å². The minimum atomic E-state index is -2.15. The quantitative estimate of drug-likeness (QED) is 0.253. The van der Waals surface area contributed by atoms with Crippen molar-refractivity contribution in [2.75, 3.05) is 37.7 Å². The highest BCUT2D eigenvalue weighted by molar-refractivity contribution is 8.00. The summed E-state index contributed by atoms with van der Waals surface area (Å²) < 4.78 is 25.1. The molecule has 1 saturated heterocycles. The first-order chi connectivity index (χ1) is 18.2. The molecule has 5 atom stereocenters. The number of halogens is 1. The fourth-order valence-electron chi connectivity index (χ4n) is 4.71. The molecule has 1 fully saturated rings. The molecule has 2 aliphatic heterocycles. The summed E-state index contributed by atoms with van der Waals surface area (Å²) in [7, 11) is -2.15. The van der Waals surface area contributed by atoms with E-state index in [-0.39, 0.29) is 16.9 Å². The topological polar surface area (TPSA) is 77.5 Å². The van der Waals surface area contributed by atoms with E-state index in [4.69, 9.17) is 30.2 Å². The Morgan fingerprint density at radius 1 is 1.10 bits per heavy atom. The van der Waals surface area contributed by atoms with E-state index in [1.807, 2.05) is 18.2 Å². The van der Waals surface area contributed by atoms with Crippen LogP contribution in [0.3, 0.4) is 0 Å². The smallest absolute Gasteiger partial charge is 0.303 e.